The van der Waals surface area contributed by atoms with Crippen LogP contribution in [0.3, 0.4) is 0 Å². The predicted molar refractivity (Wildman–Crippen MR) is 118 cm³/mol. The number of carbonyl (C=O) groups excluding carboxylic acids is 1. The van der Waals surface area contributed by atoms with Crippen LogP contribution in [-0.4, -0.2) is 48.2 Å². The topological polar surface area (TPSA) is 101 Å². The number of hydrogen-bond donors (Lipinski definition) is 2. The summed E-state index contributed by atoms with van der Waals surface area (Å²) in [5, 5.41) is 0. The molecule has 0 bridgehead atoms. The molecule has 0 atom stereocenters. The maximum absolute atomic E-state index is 12.9. The fourth-order valence-corrected chi connectivity index (χ4v) is 5.23. The molecule has 30 heavy (non-hydrogen) atoms. The lowest BCUT2D eigenvalue weighted by Crippen LogP contribution is -2.59. The number of nitrogens with two attached hydrogens (primary N) is 1. The Morgan fingerprint density at radius 2 is 1.47 bits per heavy atom. The monoisotopic (exact) mass is 430 g/mol. The molecule has 1 aliphatic heterocycles. The molecule has 0 aliphatic carbocycles. The van der Waals surface area contributed by atoms with Gasteiger partial charge in [-0.25, -0.2) is 0 Å². The Bertz CT molecular complexity index is 929. The Kier molecular flexibility index (Phi) is 6.36. The highest BCUT2D eigenvalue weighted by molar-refractivity contribution is 7.85. The van der Waals surface area contributed by atoms with Gasteiger partial charge in [0.1, 0.15) is 0 Å². The molecule has 1 saturated heterocycles. The van der Waals surface area contributed by atoms with Gasteiger partial charge in [-0.1, -0.05) is 60.7 Å². The van der Waals surface area contributed by atoms with E-state index in [-0.39, 0.29) is 23.1 Å². The number of carbonyl (C=O) groups is 1. The van der Waals surface area contributed by atoms with Crippen LogP contribution in [-0.2, 0) is 20.3 Å². The SMILES string of the molecule is CC(C)(CCC(C(N)=O)(c1ccccc1)c1ccccc1)N1CC(CS(=O)(=O)O)C1. The molecule has 1 amide bonds. The van der Waals surface area contributed by atoms with Crippen molar-refractivity contribution in [2.24, 2.45) is 11.7 Å². The van der Waals surface area contributed by atoms with E-state index in [0.717, 1.165) is 11.1 Å². The predicted octanol–water partition coefficient (Wildman–Crippen LogP) is 2.84. The molecule has 7 heteroatoms. The number of amides is 1. The van der Waals surface area contributed by atoms with Crippen LogP contribution in [0.2, 0.25) is 0 Å². The average molecular weight is 431 g/mol. The van der Waals surface area contributed by atoms with Gasteiger partial charge in [0.05, 0.1) is 11.2 Å². The van der Waals surface area contributed by atoms with Crippen molar-refractivity contribution in [3.63, 3.8) is 0 Å². The fraction of sp³-hybridized carbons (Fsp3) is 0.435. The van der Waals surface area contributed by atoms with Crippen LogP contribution in [0, 0.1) is 5.92 Å². The van der Waals surface area contributed by atoms with Gasteiger partial charge >= 0.3 is 0 Å². The Labute approximate surface area is 178 Å². The van der Waals surface area contributed by atoms with Crippen LogP contribution in [0.4, 0.5) is 0 Å². The second-order valence-corrected chi connectivity index (χ2v) is 10.3. The normalized spacial score (nSPS) is 16.2. The summed E-state index contributed by atoms with van der Waals surface area (Å²) in [6, 6.07) is 19.2. The van der Waals surface area contributed by atoms with Crippen molar-refractivity contribution in [2.75, 3.05) is 18.8 Å². The second-order valence-electron chi connectivity index (χ2n) is 8.83. The van der Waals surface area contributed by atoms with Crippen LogP contribution in [0.5, 0.6) is 0 Å². The second kappa shape index (κ2) is 8.49. The zero-order valence-corrected chi connectivity index (χ0v) is 18.3. The van der Waals surface area contributed by atoms with Crippen LogP contribution in [0.15, 0.2) is 60.7 Å². The van der Waals surface area contributed by atoms with E-state index in [0.29, 0.717) is 25.9 Å². The lowest BCUT2D eigenvalue weighted by atomic mass is 9.68. The minimum absolute atomic E-state index is 0.0663. The maximum Gasteiger partial charge on any atom is 0.265 e. The Hall–Kier alpha value is -2.22. The molecule has 6 nitrogen and oxygen atoms in total. The van der Waals surface area contributed by atoms with Crippen molar-refractivity contribution in [1.29, 1.82) is 0 Å². The van der Waals surface area contributed by atoms with Crippen molar-refractivity contribution >= 4 is 16.0 Å². The molecule has 162 valence electrons. The number of rotatable bonds is 9. The molecular formula is C23H30N2O4S. The van der Waals surface area contributed by atoms with Gasteiger partial charge in [0.2, 0.25) is 5.91 Å². The molecule has 1 aliphatic rings. The van der Waals surface area contributed by atoms with E-state index in [2.05, 4.69) is 18.7 Å². The minimum Gasteiger partial charge on any atom is -0.369 e. The average Bonchev–Trinajstić information content (AvgIpc) is 2.65. The van der Waals surface area contributed by atoms with E-state index in [1.807, 2.05) is 60.7 Å². The summed E-state index contributed by atoms with van der Waals surface area (Å²) >= 11 is 0. The summed E-state index contributed by atoms with van der Waals surface area (Å²) in [6.07, 6.45) is 1.22. The van der Waals surface area contributed by atoms with Gasteiger partial charge in [0.15, 0.2) is 0 Å². The highest BCUT2D eigenvalue weighted by atomic mass is 32.2. The Balaban J connectivity index is 1.83. The van der Waals surface area contributed by atoms with Crippen molar-refractivity contribution in [1.82, 2.24) is 4.90 Å². The summed E-state index contributed by atoms with van der Waals surface area (Å²) in [4.78, 5) is 15.1. The van der Waals surface area contributed by atoms with Crippen molar-refractivity contribution in [3.05, 3.63) is 71.8 Å². The van der Waals surface area contributed by atoms with Gasteiger partial charge in [-0.15, -0.1) is 0 Å². The molecule has 2 aromatic rings. The Morgan fingerprint density at radius 3 is 1.87 bits per heavy atom. The summed E-state index contributed by atoms with van der Waals surface area (Å²) in [5.41, 5.74) is 6.57. The molecular weight excluding hydrogens is 400 g/mol. The summed E-state index contributed by atoms with van der Waals surface area (Å²) in [5.74, 6) is -0.661. The van der Waals surface area contributed by atoms with Crippen molar-refractivity contribution in [2.45, 2.75) is 37.6 Å². The van der Waals surface area contributed by atoms with Gasteiger partial charge in [-0.2, -0.15) is 8.42 Å². The molecule has 3 N–H and O–H groups in total. The van der Waals surface area contributed by atoms with Gasteiger partial charge < -0.3 is 5.73 Å². The first-order valence-electron chi connectivity index (χ1n) is 10.2. The fourth-order valence-electron chi connectivity index (χ4n) is 4.43. The van der Waals surface area contributed by atoms with Gasteiger partial charge in [0.25, 0.3) is 10.1 Å². The van der Waals surface area contributed by atoms with E-state index in [9.17, 15) is 13.2 Å². The van der Waals surface area contributed by atoms with Crippen molar-refractivity contribution in [3.8, 4) is 0 Å². The molecule has 1 fully saturated rings. The Morgan fingerprint density at radius 1 is 1.00 bits per heavy atom. The van der Waals surface area contributed by atoms with Crippen molar-refractivity contribution < 1.29 is 17.8 Å². The van der Waals surface area contributed by atoms with E-state index >= 15 is 0 Å². The molecule has 0 aromatic heterocycles. The standard InChI is InChI=1S/C23H30N2O4S/c1-22(2,25-15-18(16-25)17-30(27,28)29)13-14-23(21(24)26,19-9-5-3-6-10-19)20-11-7-4-8-12-20/h3-12,18H,13-17H2,1-2H3,(H2,24,26)(H,27,28,29). The van der Waals surface area contributed by atoms with Gasteiger partial charge in [-0.05, 0) is 37.8 Å². The molecule has 2 aromatic carbocycles. The smallest absolute Gasteiger partial charge is 0.265 e. The zero-order valence-electron chi connectivity index (χ0n) is 17.5. The third kappa shape index (κ3) is 4.74. The van der Waals surface area contributed by atoms with Crippen LogP contribution in [0.1, 0.15) is 37.8 Å². The first-order chi connectivity index (χ1) is 14.0. The van der Waals surface area contributed by atoms with Crippen LogP contribution in [0.25, 0.3) is 0 Å². The quantitative estimate of drug-likeness (QED) is 0.596. The van der Waals surface area contributed by atoms with Gasteiger partial charge in [0, 0.05) is 24.5 Å². The van der Waals surface area contributed by atoms with E-state index in [1.54, 1.807) is 0 Å². The maximum atomic E-state index is 12.9. The highest BCUT2D eigenvalue weighted by Crippen LogP contribution is 2.40. The van der Waals surface area contributed by atoms with Crippen LogP contribution >= 0.6 is 0 Å². The van der Waals surface area contributed by atoms with Gasteiger partial charge in [-0.3, -0.25) is 14.2 Å². The number of benzene rings is 2. The van der Waals surface area contributed by atoms with E-state index in [4.69, 9.17) is 10.3 Å². The lowest BCUT2D eigenvalue weighted by molar-refractivity contribution is -0.122. The number of likely N-dealkylation sites (tertiary alicyclic amines) is 1. The van der Waals surface area contributed by atoms with E-state index in [1.165, 1.54) is 0 Å². The summed E-state index contributed by atoms with van der Waals surface area (Å²) in [6.45, 7) is 5.40. The molecule has 0 saturated carbocycles. The van der Waals surface area contributed by atoms with E-state index < -0.39 is 15.5 Å². The first-order valence-corrected chi connectivity index (χ1v) is 11.8. The lowest BCUT2D eigenvalue weighted by Gasteiger charge is -2.50. The number of hydrogen-bond acceptors (Lipinski definition) is 4. The minimum atomic E-state index is -3.96. The third-order valence-electron chi connectivity index (χ3n) is 6.33. The molecule has 1 heterocycles. The molecule has 0 spiro atoms. The number of nitrogens with zero attached hydrogens (tertiary/aromatic N) is 1. The third-order valence-corrected chi connectivity index (χ3v) is 7.22. The molecule has 3 rings (SSSR count). The zero-order chi connectivity index (χ0) is 22.0. The summed E-state index contributed by atoms with van der Waals surface area (Å²) in [7, 11) is -3.96. The molecule has 0 unspecified atom stereocenters. The van der Waals surface area contributed by atoms with Crippen LogP contribution < -0.4 is 5.73 Å². The number of primary amides is 1. The highest BCUT2D eigenvalue weighted by Gasteiger charge is 2.44. The first kappa shape index (κ1) is 22.5. The molecule has 0 radical (unpaired) electrons. The summed E-state index contributed by atoms with van der Waals surface area (Å²) < 4.78 is 31.3. The largest absolute Gasteiger partial charge is 0.369 e.